The molecule has 0 atom stereocenters. The summed E-state index contributed by atoms with van der Waals surface area (Å²) in [6.07, 6.45) is 0. The maximum Gasteiger partial charge on any atom is 0.255 e. The van der Waals surface area contributed by atoms with Crippen molar-refractivity contribution in [1.82, 2.24) is 5.32 Å². The fourth-order valence-electron chi connectivity index (χ4n) is 3.50. The summed E-state index contributed by atoms with van der Waals surface area (Å²) >= 11 is 0. The lowest BCUT2D eigenvalue weighted by Gasteiger charge is -2.17. The van der Waals surface area contributed by atoms with E-state index in [4.69, 9.17) is 4.42 Å². The molecule has 0 aliphatic rings. The van der Waals surface area contributed by atoms with Crippen molar-refractivity contribution >= 4 is 16.9 Å². The van der Waals surface area contributed by atoms with E-state index < -0.39 is 0 Å². The Hall–Kier alpha value is -2.62. The van der Waals surface area contributed by atoms with Gasteiger partial charge >= 0.3 is 0 Å². The van der Waals surface area contributed by atoms with Crippen LogP contribution >= 0.6 is 0 Å². The van der Waals surface area contributed by atoms with Crippen LogP contribution in [0.2, 0.25) is 0 Å². The Kier molecular flexibility index (Phi) is 4.86. The van der Waals surface area contributed by atoms with E-state index >= 15 is 0 Å². The topological polar surface area (TPSA) is 42.2 Å². The molecule has 1 aromatic heterocycles. The van der Waals surface area contributed by atoms with E-state index in [2.05, 4.69) is 39.1 Å². The SMILES string of the molecule is CNC(=O)c1c(-c2ccc(F)cc2)oc2ccc(C(C)C)c(C(C)C)c12. The summed E-state index contributed by atoms with van der Waals surface area (Å²) < 4.78 is 19.4. The lowest BCUT2D eigenvalue weighted by molar-refractivity contribution is 0.0964. The first-order valence-corrected chi connectivity index (χ1v) is 8.92. The molecule has 136 valence electrons. The molecule has 0 saturated heterocycles. The van der Waals surface area contributed by atoms with Crippen molar-refractivity contribution in [2.24, 2.45) is 0 Å². The van der Waals surface area contributed by atoms with Gasteiger partial charge in [0.1, 0.15) is 17.2 Å². The van der Waals surface area contributed by atoms with Crippen LogP contribution < -0.4 is 5.32 Å². The van der Waals surface area contributed by atoms with E-state index in [-0.39, 0.29) is 17.6 Å². The summed E-state index contributed by atoms with van der Waals surface area (Å²) in [5, 5.41) is 3.57. The molecule has 1 amide bonds. The van der Waals surface area contributed by atoms with E-state index in [1.165, 1.54) is 17.7 Å². The van der Waals surface area contributed by atoms with Crippen LogP contribution in [0, 0.1) is 5.82 Å². The average Bonchev–Trinajstić information content (AvgIpc) is 2.99. The Morgan fingerprint density at radius 1 is 1.00 bits per heavy atom. The molecule has 3 rings (SSSR count). The molecule has 0 spiro atoms. The largest absolute Gasteiger partial charge is 0.455 e. The fourth-order valence-corrected chi connectivity index (χ4v) is 3.50. The van der Waals surface area contributed by atoms with Crippen LogP contribution in [0.1, 0.15) is 61.0 Å². The number of nitrogens with one attached hydrogen (secondary N) is 1. The molecule has 0 fully saturated rings. The second-order valence-electron chi connectivity index (χ2n) is 7.14. The zero-order chi connectivity index (χ0) is 19.0. The van der Waals surface area contributed by atoms with Crippen LogP contribution in [0.5, 0.6) is 0 Å². The van der Waals surface area contributed by atoms with Crippen LogP contribution in [-0.2, 0) is 0 Å². The first-order chi connectivity index (χ1) is 12.3. The minimum atomic E-state index is -0.323. The smallest absolute Gasteiger partial charge is 0.255 e. The zero-order valence-corrected chi connectivity index (χ0v) is 15.8. The minimum absolute atomic E-state index is 0.203. The van der Waals surface area contributed by atoms with Gasteiger partial charge in [0.05, 0.1) is 5.56 Å². The van der Waals surface area contributed by atoms with E-state index in [0.717, 1.165) is 10.9 Å². The Bertz CT molecular complexity index is 952. The van der Waals surface area contributed by atoms with E-state index in [0.29, 0.717) is 28.4 Å². The van der Waals surface area contributed by atoms with Crippen molar-refractivity contribution < 1.29 is 13.6 Å². The van der Waals surface area contributed by atoms with Crippen LogP contribution in [0.3, 0.4) is 0 Å². The molecule has 0 unspecified atom stereocenters. The third-order valence-electron chi connectivity index (χ3n) is 4.69. The first kappa shape index (κ1) is 18.2. The summed E-state index contributed by atoms with van der Waals surface area (Å²) in [5.74, 6) is 0.515. The van der Waals surface area contributed by atoms with Crippen LogP contribution in [0.15, 0.2) is 40.8 Å². The summed E-state index contributed by atoms with van der Waals surface area (Å²) in [6.45, 7) is 8.54. The van der Waals surface area contributed by atoms with Crippen molar-refractivity contribution in [1.29, 1.82) is 0 Å². The molecule has 0 radical (unpaired) electrons. The molecule has 4 heteroatoms. The van der Waals surface area contributed by atoms with Crippen molar-refractivity contribution in [3.8, 4) is 11.3 Å². The number of rotatable bonds is 4. The standard InChI is InChI=1S/C22H24FNO2/c1-12(2)16-10-11-17-19(18(16)13(3)4)20(22(25)24-5)21(26-17)14-6-8-15(23)9-7-14/h6-13H,1-5H3,(H,24,25). The summed E-state index contributed by atoms with van der Waals surface area (Å²) in [6, 6.07) is 10.0. The summed E-state index contributed by atoms with van der Waals surface area (Å²) in [4.78, 5) is 12.8. The lowest BCUT2D eigenvalue weighted by atomic mass is 9.86. The normalized spacial score (nSPS) is 11.5. The minimum Gasteiger partial charge on any atom is -0.455 e. The number of hydrogen-bond acceptors (Lipinski definition) is 2. The highest BCUT2D eigenvalue weighted by atomic mass is 19.1. The number of fused-ring (bicyclic) bond motifs is 1. The van der Waals surface area contributed by atoms with Gasteiger partial charge in [-0.05, 0) is 53.3 Å². The molecule has 1 N–H and O–H groups in total. The maximum atomic E-state index is 13.3. The number of amides is 1. The number of hydrogen-bond donors (Lipinski definition) is 1. The fraction of sp³-hybridized carbons (Fsp3) is 0.318. The van der Waals surface area contributed by atoms with Gasteiger partial charge in [-0.15, -0.1) is 0 Å². The van der Waals surface area contributed by atoms with Gasteiger partial charge in [0.25, 0.3) is 5.91 Å². The zero-order valence-electron chi connectivity index (χ0n) is 15.8. The first-order valence-electron chi connectivity index (χ1n) is 8.92. The van der Waals surface area contributed by atoms with Crippen molar-refractivity contribution in [3.63, 3.8) is 0 Å². The van der Waals surface area contributed by atoms with Crippen LogP contribution in [0.4, 0.5) is 4.39 Å². The van der Waals surface area contributed by atoms with Crippen LogP contribution in [-0.4, -0.2) is 13.0 Å². The third kappa shape index (κ3) is 3.00. The number of benzene rings is 2. The number of carbonyl (C=O) groups excluding carboxylic acids is 1. The predicted octanol–water partition coefficient (Wildman–Crippen LogP) is 5.85. The molecule has 0 saturated carbocycles. The highest BCUT2D eigenvalue weighted by Crippen LogP contribution is 2.41. The number of halogens is 1. The Morgan fingerprint density at radius 2 is 1.65 bits per heavy atom. The van der Waals surface area contributed by atoms with Crippen molar-refractivity contribution in [2.75, 3.05) is 7.05 Å². The monoisotopic (exact) mass is 353 g/mol. The molecular formula is C22H24FNO2. The summed E-state index contributed by atoms with van der Waals surface area (Å²) in [5.41, 5.74) is 4.22. The quantitative estimate of drug-likeness (QED) is 0.640. The van der Waals surface area contributed by atoms with Gasteiger partial charge in [-0.1, -0.05) is 33.8 Å². The number of carbonyl (C=O) groups is 1. The Labute approximate surface area is 153 Å². The van der Waals surface area contributed by atoms with Gasteiger partial charge in [-0.3, -0.25) is 4.79 Å². The molecule has 3 nitrogen and oxygen atoms in total. The van der Waals surface area contributed by atoms with Crippen LogP contribution in [0.25, 0.3) is 22.3 Å². The van der Waals surface area contributed by atoms with Gasteiger partial charge in [-0.2, -0.15) is 0 Å². The van der Waals surface area contributed by atoms with E-state index in [1.54, 1.807) is 19.2 Å². The molecular weight excluding hydrogens is 329 g/mol. The highest BCUT2D eigenvalue weighted by Gasteiger charge is 2.26. The second-order valence-corrected chi connectivity index (χ2v) is 7.14. The van der Waals surface area contributed by atoms with Gasteiger partial charge in [0, 0.05) is 18.0 Å². The predicted molar refractivity (Wildman–Crippen MR) is 103 cm³/mol. The van der Waals surface area contributed by atoms with Gasteiger partial charge in [0.2, 0.25) is 0 Å². The van der Waals surface area contributed by atoms with E-state index in [9.17, 15) is 9.18 Å². The molecule has 26 heavy (non-hydrogen) atoms. The van der Waals surface area contributed by atoms with Gasteiger partial charge in [0.15, 0.2) is 0 Å². The third-order valence-corrected chi connectivity index (χ3v) is 4.69. The van der Waals surface area contributed by atoms with Crippen molar-refractivity contribution in [3.05, 3.63) is 58.9 Å². The van der Waals surface area contributed by atoms with Gasteiger partial charge < -0.3 is 9.73 Å². The lowest BCUT2D eigenvalue weighted by Crippen LogP contribution is -2.18. The molecule has 0 aliphatic heterocycles. The average molecular weight is 353 g/mol. The van der Waals surface area contributed by atoms with Gasteiger partial charge in [-0.25, -0.2) is 4.39 Å². The molecule has 2 aromatic carbocycles. The Balaban J connectivity index is 2.42. The highest BCUT2D eigenvalue weighted by molar-refractivity contribution is 6.12. The molecule has 3 aromatic rings. The Morgan fingerprint density at radius 3 is 2.19 bits per heavy atom. The molecule has 1 heterocycles. The van der Waals surface area contributed by atoms with Crippen molar-refractivity contribution in [2.45, 2.75) is 39.5 Å². The maximum absolute atomic E-state index is 13.3. The molecule has 0 aliphatic carbocycles. The summed E-state index contributed by atoms with van der Waals surface area (Å²) in [7, 11) is 1.61. The number of furan rings is 1. The van der Waals surface area contributed by atoms with E-state index in [1.807, 2.05) is 6.07 Å². The molecule has 0 bridgehead atoms. The second kappa shape index (κ2) is 6.94.